The molecule has 0 amide bonds. The number of ether oxygens (including phenoxy) is 4. The molecule has 0 spiro atoms. The number of fused-ring (bicyclic) bond motifs is 1. The van der Waals surface area contributed by atoms with Gasteiger partial charge in [-0.1, -0.05) is 30.3 Å². The third kappa shape index (κ3) is 3.72. The van der Waals surface area contributed by atoms with E-state index < -0.39 is 48.3 Å². The third-order valence-corrected chi connectivity index (χ3v) is 5.01. The number of carbonyl (C=O) groups is 2. The van der Waals surface area contributed by atoms with Crippen LogP contribution in [0.25, 0.3) is 0 Å². The van der Waals surface area contributed by atoms with Gasteiger partial charge in [-0.15, -0.1) is 0 Å². The molecule has 5 atom stereocenters. The Bertz CT molecular complexity index is 995. The van der Waals surface area contributed by atoms with Gasteiger partial charge in [0.1, 0.15) is 12.7 Å². The molecule has 2 N–H and O–H groups in total. The summed E-state index contributed by atoms with van der Waals surface area (Å²) in [5.74, 6) is -1.01. The molecule has 2 aliphatic rings. The van der Waals surface area contributed by atoms with Gasteiger partial charge in [0.15, 0.2) is 24.3 Å². The molecule has 0 aliphatic carbocycles. The van der Waals surface area contributed by atoms with Crippen molar-refractivity contribution in [2.24, 2.45) is 0 Å². The van der Waals surface area contributed by atoms with E-state index in [1.165, 1.54) is 12.3 Å². The highest BCUT2D eigenvalue weighted by Gasteiger charge is 2.55. The summed E-state index contributed by atoms with van der Waals surface area (Å²) < 4.78 is 22.6. The normalized spacial score (nSPS) is 25.7. The van der Waals surface area contributed by atoms with E-state index in [-0.39, 0.29) is 12.4 Å². The lowest BCUT2D eigenvalue weighted by molar-refractivity contribution is -0.152. The van der Waals surface area contributed by atoms with Crippen molar-refractivity contribution in [3.05, 3.63) is 58.6 Å². The van der Waals surface area contributed by atoms with Crippen LogP contribution in [0.3, 0.4) is 0 Å². The van der Waals surface area contributed by atoms with Gasteiger partial charge in [-0.2, -0.15) is 4.98 Å². The molecular weight excluding hydrogens is 398 g/mol. The fourth-order valence-electron chi connectivity index (χ4n) is 3.42. The van der Waals surface area contributed by atoms with Crippen molar-refractivity contribution >= 4 is 17.9 Å². The first kappa shape index (κ1) is 19.9. The van der Waals surface area contributed by atoms with Gasteiger partial charge < -0.3 is 18.9 Å². The van der Waals surface area contributed by atoms with Crippen LogP contribution in [0.2, 0.25) is 0 Å². The van der Waals surface area contributed by atoms with Crippen LogP contribution in [0.15, 0.2) is 47.4 Å². The number of anilines is 1. The number of aromatic nitrogens is 2. The molecule has 1 aromatic carbocycles. The Hall–Kier alpha value is -3.44. The van der Waals surface area contributed by atoms with Crippen LogP contribution in [-0.4, -0.2) is 51.8 Å². The fraction of sp³-hybridized carbons (Fsp3) is 0.368. The Morgan fingerprint density at radius 1 is 1.23 bits per heavy atom. The van der Waals surface area contributed by atoms with Crippen molar-refractivity contribution in [1.29, 1.82) is 0 Å². The number of esters is 1. The van der Waals surface area contributed by atoms with Crippen LogP contribution >= 0.6 is 0 Å². The number of nitrogens with zero attached hydrogens (tertiary/aromatic N) is 2. The summed E-state index contributed by atoms with van der Waals surface area (Å²) >= 11 is 0. The van der Waals surface area contributed by atoms with Crippen molar-refractivity contribution in [3.63, 3.8) is 0 Å². The molecule has 158 valence electrons. The van der Waals surface area contributed by atoms with E-state index in [0.717, 1.165) is 10.1 Å². The number of rotatable bonds is 6. The van der Waals surface area contributed by atoms with Gasteiger partial charge in [0.2, 0.25) is 0 Å². The predicted molar refractivity (Wildman–Crippen MR) is 98.8 cm³/mol. The number of benzene rings is 1. The molecule has 2 saturated heterocycles. The Balaban J connectivity index is 1.47. The Morgan fingerprint density at radius 3 is 2.67 bits per heavy atom. The highest BCUT2D eigenvalue weighted by atomic mass is 16.8. The molecule has 11 nitrogen and oxygen atoms in total. The molecule has 3 heterocycles. The zero-order valence-electron chi connectivity index (χ0n) is 15.8. The van der Waals surface area contributed by atoms with Crippen LogP contribution in [-0.2, 0) is 23.7 Å². The smallest absolute Gasteiger partial charge is 0.462 e. The topological polar surface area (TPSA) is 138 Å². The maximum atomic E-state index is 12.4. The molecule has 2 aromatic rings. The van der Waals surface area contributed by atoms with Gasteiger partial charge in [-0.25, -0.2) is 9.59 Å². The molecular formula is C19H19N3O8. The molecule has 0 radical (unpaired) electrons. The lowest BCUT2D eigenvalue weighted by Gasteiger charge is -2.19. The van der Waals surface area contributed by atoms with Gasteiger partial charge >= 0.3 is 17.8 Å². The van der Waals surface area contributed by atoms with Gasteiger partial charge in [-0.3, -0.25) is 20.0 Å². The van der Waals surface area contributed by atoms with Crippen molar-refractivity contribution in [2.75, 3.05) is 12.1 Å². The quantitative estimate of drug-likeness (QED) is 0.520. The Labute approximate surface area is 170 Å². The fourth-order valence-corrected chi connectivity index (χ4v) is 3.42. The van der Waals surface area contributed by atoms with Crippen molar-refractivity contribution in [2.45, 2.75) is 37.4 Å². The van der Waals surface area contributed by atoms with Crippen molar-refractivity contribution < 1.29 is 33.7 Å². The predicted octanol–water partition coefficient (Wildman–Crippen LogP) is 1.19. The van der Waals surface area contributed by atoms with Gasteiger partial charge in [0, 0.05) is 6.20 Å². The lowest BCUT2D eigenvalue weighted by atomic mass is 10.0. The number of hydrogen-bond acceptors (Lipinski definition) is 10. The standard InChI is InChI=1S/C19H19N3O8/c1-10(11-5-3-2-4-6-11)17(23)27-9-12-14-15(30-19(25)29-14)16(28-12)22-8-7-13(21-26)20-18(22)24/h2-8,10,12,14-16,26H,9H2,1H3,(H,20,21,24)/t10-,12+,14+,15+,16+/m0/s1. The number of carbonyl (C=O) groups excluding carboxylic acids is 2. The molecule has 0 saturated carbocycles. The molecule has 2 aliphatic heterocycles. The minimum atomic E-state index is -1.02. The third-order valence-electron chi connectivity index (χ3n) is 5.01. The van der Waals surface area contributed by atoms with Crippen LogP contribution in [0.5, 0.6) is 0 Å². The molecule has 2 fully saturated rings. The van der Waals surface area contributed by atoms with Gasteiger partial charge in [0.25, 0.3) is 0 Å². The van der Waals surface area contributed by atoms with Crippen LogP contribution in [0, 0.1) is 0 Å². The van der Waals surface area contributed by atoms with E-state index in [9.17, 15) is 14.4 Å². The van der Waals surface area contributed by atoms with E-state index >= 15 is 0 Å². The van der Waals surface area contributed by atoms with Crippen LogP contribution < -0.4 is 11.2 Å². The highest BCUT2D eigenvalue weighted by Crippen LogP contribution is 2.37. The maximum Gasteiger partial charge on any atom is 0.509 e. The van der Waals surface area contributed by atoms with Crippen LogP contribution in [0.4, 0.5) is 10.6 Å². The highest BCUT2D eigenvalue weighted by molar-refractivity contribution is 5.77. The summed E-state index contributed by atoms with van der Waals surface area (Å²) in [5.41, 5.74) is 1.83. The monoisotopic (exact) mass is 417 g/mol. The average molecular weight is 417 g/mol. The average Bonchev–Trinajstić information content (AvgIpc) is 3.29. The molecule has 30 heavy (non-hydrogen) atoms. The molecule has 1 aromatic heterocycles. The van der Waals surface area contributed by atoms with Crippen molar-refractivity contribution in [1.82, 2.24) is 9.55 Å². The van der Waals surface area contributed by atoms with Crippen LogP contribution in [0.1, 0.15) is 24.6 Å². The number of hydrogen-bond donors (Lipinski definition) is 2. The first-order valence-electron chi connectivity index (χ1n) is 9.21. The van der Waals surface area contributed by atoms with Crippen molar-refractivity contribution in [3.8, 4) is 0 Å². The summed E-state index contributed by atoms with van der Waals surface area (Å²) in [6.45, 7) is 1.53. The SMILES string of the molecule is C[C@H](C(=O)OC[C@H]1O[C@@H](n2ccc(NO)nc2=O)[C@@H]2OC(=O)O[C@@H]21)c1ccccc1. The summed E-state index contributed by atoms with van der Waals surface area (Å²) in [4.78, 5) is 39.9. The zero-order valence-corrected chi connectivity index (χ0v) is 15.8. The molecule has 4 rings (SSSR count). The summed E-state index contributed by atoms with van der Waals surface area (Å²) in [7, 11) is 0. The minimum Gasteiger partial charge on any atom is -0.462 e. The van der Waals surface area contributed by atoms with E-state index in [4.69, 9.17) is 24.2 Å². The Kier molecular flexibility index (Phi) is 5.38. The molecule has 0 unspecified atom stereocenters. The first-order chi connectivity index (χ1) is 14.5. The second-order valence-electron chi connectivity index (χ2n) is 6.86. The summed E-state index contributed by atoms with van der Waals surface area (Å²) in [5, 5.41) is 8.86. The first-order valence-corrected chi connectivity index (χ1v) is 9.21. The van der Waals surface area contributed by atoms with Gasteiger partial charge in [-0.05, 0) is 18.6 Å². The summed E-state index contributed by atoms with van der Waals surface area (Å²) in [6.07, 6.45) is -3.20. The van der Waals surface area contributed by atoms with E-state index in [1.54, 1.807) is 12.4 Å². The van der Waals surface area contributed by atoms with Gasteiger partial charge in [0.05, 0.1) is 5.92 Å². The number of nitrogens with one attached hydrogen (secondary N) is 1. The minimum absolute atomic E-state index is 0.0501. The van der Waals surface area contributed by atoms with E-state index in [2.05, 4.69) is 4.98 Å². The molecule has 11 heteroatoms. The Morgan fingerprint density at radius 2 is 1.97 bits per heavy atom. The van der Waals surface area contributed by atoms with E-state index in [0.29, 0.717) is 0 Å². The molecule has 0 bridgehead atoms. The maximum absolute atomic E-state index is 12.4. The second kappa shape index (κ2) is 8.13. The lowest BCUT2D eigenvalue weighted by Crippen LogP contribution is -2.34. The largest absolute Gasteiger partial charge is 0.509 e. The summed E-state index contributed by atoms with van der Waals surface area (Å²) in [6, 6.07) is 10.5. The van der Waals surface area contributed by atoms with E-state index in [1.807, 2.05) is 30.3 Å². The zero-order chi connectivity index (χ0) is 21.3. The second-order valence-corrected chi connectivity index (χ2v) is 6.86.